The van der Waals surface area contributed by atoms with Crippen LogP contribution in [-0.4, -0.2) is 20.7 Å². The third-order valence-corrected chi connectivity index (χ3v) is 4.39. The van der Waals surface area contributed by atoms with Gasteiger partial charge in [0.1, 0.15) is 12.9 Å². The van der Waals surface area contributed by atoms with E-state index < -0.39 is 12.0 Å². The van der Waals surface area contributed by atoms with E-state index in [1.165, 1.54) is 16.2 Å². The van der Waals surface area contributed by atoms with E-state index in [1.807, 2.05) is 48.0 Å². The highest BCUT2D eigenvalue weighted by molar-refractivity contribution is 7.07. The summed E-state index contributed by atoms with van der Waals surface area (Å²) in [6.45, 7) is 1.93. The molecule has 0 spiro atoms. The molecule has 0 aliphatic heterocycles. The Kier molecular flexibility index (Phi) is 5.08. The van der Waals surface area contributed by atoms with Crippen LogP contribution < -0.4 is 4.90 Å². The lowest BCUT2D eigenvalue weighted by molar-refractivity contribution is -0.145. The molecule has 0 aliphatic carbocycles. The molecule has 1 amide bonds. The van der Waals surface area contributed by atoms with Crippen LogP contribution in [0.25, 0.3) is 0 Å². The molecular formula is C17H15F3N4OS. The lowest BCUT2D eigenvalue weighted by atomic mass is 10.2. The molecule has 136 valence electrons. The van der Waals surface area contributed by atoms with Gasteiger partial charge >= 0.3 is 6.18 Å². The van der Waals surface area contributed by atoms with Crippen molar-refractivity contribution in [1.82, 2.24) is 14.8 Å². The quantitative estimate of drug-likeness (QED) is 0.675. The Morgan fingerprint density at radius 3 is 2.54 bits per heavy atom. The first-order valence-corrected chi connectivity index (χ1v) is 8.62. The van der Waals surface area contributed by atoms with E-state index in [0.717, 1.165) is 22.1 Å². The average Bonchev–Trinajstić information content (AvgIpc) is 3.24. The number of aromatic nitrogens is 3. The number of anilines is 1. The molecule has 0 bridgehead atoms. The van der Waals surface area contributed by atoms with Crippen LogP contribution in [0.2, 0.25) is 0 Å². The van der Waals surface area contributed by atoms with Gasteiger partial charge in [0.15, 0.2) is 0 Å². The number of nitrogens with zero attached hydrogens (tertiary/aromatic N) is 4. The molecule has 1 aromatic carbocycles. The number of halogens is 3. The van der Waals surface area contributed by atoms with Crippen LogP contribution in [0.4, 0.5) is 18.9 Å². The number of benzene rings is 1. The van der Waals surface area contributed by atoms with Gasteiger partial charge in [0, 0.05) is 5.69 Å². The predicted molar refractivity (Wildman–Crippen MR) is 91.7 cm³/mol. The minimum atomic E-state index is -4.64. The van der Waals surface area contributed by atoms with E-state index in [0.29, 0.717) is 12.2 Å². The average molecular weight is 380 g/mol. The van der Waals surface area contributed by atoms with Crippen LogP contribution in [0.5, 0.6) is 0 Å². The number of hydrogen-bond acceptors (Lipinski definition) is 4. The van der Waals surface area contributed by atoms with Crippen molar-refractivity contribution in [2.45, 2.75) is 26.2 Å². The number of carbonyl (C=O) groups is 1. The van der Waals surface area contributed by atoms with E-state index in [-0.39, 0.29) is 12.5 Å². The lowest BCUT2D eigenvalue weighted by Crippen LogP contribution is -2.33. The van der Waals surface area contributed by atoms with Gasteiger partial charge in [-0.25, -0.2) is 9.67 Å². The van der Waals surface area contributed by atoms with Gasteiger partial charge in [0.25, 0.3) is 5.82 Å². The SMILES string of the molecule is Cc1ccc(N(Cc2ccsc2)C(=O)Cn2cnc(C(F)(F)F)n2)cc1. The number of alkyl halides is 3. The van der Waals surface area contributed by atoms with E-state index >= 15 is 0 Å². The fourth-order valence-corrected chi connectivity index (χ4v) is 3.00. The molecule has 3 aromatic rings. The number of amides is 1. The van der Waals surface area contributed by atoms with E-state index in [9.17, 15) is 18.0 Å². The molecule has 0 N–H and O–H groups in total. The monoisotopic (exact) mass is 380 g/mol. The third-order valence-electron chi connectivity index (χ3n) is 3.65. The molecule has 0 unspecified atom stereocenters. The van der Waals surface area contributed by atoms with Gasteiger partial charge < -0.3 is 4.90 Å². The molecule has 0 saturated heterocycles. The van der Waals surface area contributed by atoms with Crippen molar-refractivity contribution in [3.05, 3.63) is 64.4 Å². The molecule has 0 aliphatic rings. The molecule has 9 heteroatoms. The number of carbonyl (C=O) groups excluding carboxylic acids is 1. The summed E-state index contributed by atoms with van der Waals surface area (Å²) >= 11 is 1.51. The topological polar surface area (TPSA) is 51.0 Å². The van der Waals surface area contributed by atoms with Crippen molar-refractivity contribution >= 4 is 22.9 Å². The van der Waals surface area contributed by atoms with Crippen molar-refractivity contribution in [3.8, 4) is 0 Å². The van der Waals surface area contributed by atoms with Crippen molar-refractivity contribution in [2.24, 2.45) is 0 Å². The van der Waals surface area contributed by atoms with Gasteiger partial charge in [-0.3, -0.25) is 4.79 Å². The standard InChI is InChI=1S/C17H15F3N4OS/c1-12-2-4-14(5-3-12)24(8-13-6-7-26-10-13)15(25)9-23-11-21-16(22-23)17(18,19)20/h2-7,10-11H,8-9H2,1H3. The van der Waals surface area contributed by atoms with Crippen LogP contribution in [0.3, 0.4) is 0 Å². The molecule has 26 heavy (non-hydrogen) atoms. The van der Waals surface area contributed by atoms with Crippen LogP contribution in [-0.2, 0) is 24.1 Å². The molecule has 0 atom stereocenters. The maximum absolute atomic E-state index is 12.7. The first-order valence-electron chi connectivity index (χ1n) is 7.67. The van der Waals surface area contributed by atoms with E-state index in [4.69, 9.17) is 0 Å². The second kappa shape index (κ2) is 7.28. The summed E-state index contributed by atoms with van der Waals surface area (Å²) in [5, 5.41) is 7.17. The predicted octanol–water partition coefficient (Wildman–Crippen LogP) is 3.90. The maximum Gasteiger partial charge on any atom is 0.453 e. The summed E-state index contributed by atoms with van der Waals surface area (Å²) in [5.41, 5.74) is 2.66. The summed E-state index contributed by atoms with van der Waals surface area (Å²) in [5.74, 6) is -1.64. The molecule has 5 nitrogen and oxygen atoms in total. The zero-order valence-electron chi connectivity index (χ0n) is 13.8. The van der Waals surface area contributed by atoms with Gasteiger partial charge in [-0.2, -0.15) is 24.5 Å². The van der Waals surface area contributed by atoms with Gasteiger partial charge in [0.05, 0.1) is 6.54 Å². The van der Waals surface area contributed by atoms with Crippen molar-refractivity contribution in [3.63, 3.8) is 0 Å². The van der Waals surface area contributed by atoms with Crippen molar-refractivity contribution < 1.29 is 18.0 Å². The Morgan fingerprint density at radius 1 is 1.23 bits per heavy atom. The van der Waals surface area contributed by atoms with Gasteiger partial charge in [-0.1, -0.05) is 17.7 Å². The summed E-state index contributed by atoms with van der Waals surface area (Å²) in [6.07, 6.45) is -3.72. The fourth-order valence-electron chi connectivity index (χ4n) is 2.34. The highest BCUT2D eigenvalue weighted by Crippen LogP contribution is 2.25. The zero-order valence-corrected chi connectivity index (χ0v) is 14.6. The van der Waals surface area contributed by atoms with Crippen LogP contribution in [0, 0.1) is 6.92 Å². The number of hydrogen-bond donors (Lipinski definition) is 0. The van der Waals surface area contributed by atoms with Crippen LogP contribution >= 0.6 is 11.3 Å². The highest BCUT2D eigenvalue weighted by Gasteiger charge is 2.36. The molecular weight excluding hydrogens is 365 g/mol. The Labute approximate surface area is 151 Å². The Bertz CT molecular complexity index is 872. The molecule has 0 saturated carbocycles. The fraction of sp³-hybridized carbons (Fsp3) is 0.235. The van der Waals surface area contributed by atoms with Gasteiger partial charge in [0.2, 0.25) is 5.91 Å². The Hall–Kier alpha value is -2.68. The second-order valence-corrected chi connectivity index (χ2v) is 6.49. The minimum absolute atomic E-state index is 0.326. The van der Waals surface area contributed by atoms with Gasteiger partial charge in [-0.15, -0.1) is 5.10 Å². The molecule has 0 radical (unpaired) electrons. The van der Waals surface area contributed by atoms with Crippen LogP contribution in [0.1, 0.15) is 17.0 Å². The molecule has 0 fully saturated rings. The summed E-state index contributed by atoms with van der Waals surface area (Å²) in [7, 11) is 0. The number of rotatable bonds is 5. The van der Waals surface area contributed by atoms with Crippen molar-refractivity contribution in [2.75, 3.05) is 4.90 Å². The normalized spacial score (nSPS) is 11.5. The van der Waals surface area contributed by atoms with Gasteiger partial charge in [-0.05, 0) is 41.4 Å². The molecule has 2 heterocycles. The second-order valence-electron chi connectivity index (χ2n) is 5.71. The summed E-state index contributed by atoms with van der Waals surface area (Å²) < 4.78 is 38.8. The molecule has 3 rings (SSSR count). The lowest BCUT2D eigenvalue weighted by Gasteiger charge is -2.22. The number of thiophene rings is 1. The molecule has 2 aromatic heterocycles. The first kappa shape index (κ1) is 18.1. The summed E-state index contributed by atoms with van der Waals surface area (Å²) in [4.78, 5) is 17.5. The highest BCUT2D eigenvalue weighted by atomic mass is 32.1. The minimum Gasteiger partial charge on any atom is -0.306 e. The largest absolute Gasteiger partial charge is 0.453 e. The Balaban J connectivity index is 1.82. The van der Waals surface area contributed by atoms with Crippen LogP contribution in [0.15, 0.2) is 47.4 Å². The third kappa shape index (κ3) is 4.29. The number of aryl methyl sites for hydroxylation is 1. The van der Waals surface area contributed by atoms with E-state index in [1.54, 1.807) is 0 Å². The summed E-state index contributed by atoms with van der Waals surface area (Å²) in [6, 6.07) is 9.27. The van der Waals surface area contributed by atoms with E-state index in [2.05, 4.69) is 10.1 Å². The maximum atomic E-state index is 12.7. The Morgan fingerprint density at radius 2 is 1.96 bits per heavy atom. The zero-order chi connectivity index (χ0) is 18.7. The van der Waals surface area contributed by atoms with Crippen molar-refractivity contribution in [1.29, 1.82) is 0 Å². The first-order chi connectivity index (χ1) is 12.3. The smallest absolute Gasteiger partial charge is 0.306 e.